The molecule has 4 aromatic rings. The summed E-state index contributed by atoms with van der Waals surface area (Å²) in [7, 11) is 1.66. The first-order valence-corrected chi connectivity index (χ1v) is 15.0. The van der Waals surface area contributed by atoms with Crippen molar-refractivity contribution < 1.29 is 8.91 Å². The molecular weight excluding hydrogens is 567 g/mol. The summed E-state index contributed by atoms with van der Waals surface area (Å²) in [6.07, 6.45) is 2.51. The van der Waals surface area contributed by atoms with Gasteiger partial charge in [0.1, 0.15) is 5.82 Å². The quantitative estimate of drug-likeness (QED) is 0.293. The van der Waals surface area contributed by atoms with Crippen LogP contribution in [0.15, 0.2) is 38.4 Å². The van der Waals surface area contributed by atoms with E-state index in [0.29, 0.717) is 73.7 Å². The Morgan fingerprint density at radius 2 is 1.80 bits per heavy atom. The zero-order chi connectivity index (χ0) is 30.8. The number of halogens is 1. The highest BCUT2D eigenvalue weighted by molar-refractivity contribution is 5.75. The van der Waals surface area contributed by atoms with Crippen LogP contribution in [0, 0.1) is 17.7 Å². The van der Waals surface area contributed by atoms with Crippen molar-refractivity contribution >= 4 is 23.1 Å². The summed E-state index contributed by atoms with van der Waals surface area (Å²) in [5.74, 6) is 6.71. The van der Waals surface area contributed by atoms with Gasteiger partial charge >= 0.3 is 11.7 Å². The molecule has 0 amide bonds. The third-order valence-electron chi connectivity index (χ3n) is 8.38. The highest BCUT2D eigenvalue weighted by Crippen LogP contribution is 2.23. The molecule has 2 N–H and O–H groups in total. The summed E-state index contributed by atoms with van der Waals surface area (Å²) in [5, 5.41) is 4.04. The van der Waals surface area contributed by atoms with Gasteiger partial charge < -0.3 is 20.1 Å². The minimum absolute atomic E-state index is 0.0301. The summed E-state index contributed by atoms with van der Waals surface area (Å²) < 4.78 is 23.3. The van der Waals surface area contributed by atoms with Crippen LogP contribution in [-0.2, 0) is 20.1 Å². The van der Waals surface area contributed by atoms with E-state index in [1.54, 1.807) is 26.1 Å². The van der Waals surface area contributed by atoms with Gasteiger partial charge in [-0.15, -0.1) is 5.92 Å². The van der Waals surface area contributed by atoms with Crippen molar-refractivity contribution in [2.24, 2.45) is 12.8 Å². The monoisotopic (exact) mass is 604 g/mol. The van der Waals surface area contributed by atoms with Crippen LogP contribution in [0.4, 0.5) is 16.4 Å². The van der Waals surface area contributed by atoms with Crippen LogP contribution < -0.4 is 26.8 Å². The number of benzene rings is 1. The lowest BCUT2D eigenvalue weighted by Crippen LogP contribution is -2.47. The molecule has 2 fully saturated rings. The van der Waals surface area contributed by atoms with Gasteiger partial charge in [-0.05, 0) is 57.0 Å². The van der Waals surface area contributed by atoms with Crippen LogP contribution >= 0.6 is 0 Å². The Morgan fingerprint density at radius 1 is 1.02 bits per heavy atom. The van der Waals surface area contributed by atoms with Crippen molar-refractivity contribution in [2.45, 2.75) is 45.3 Å². The molecule has 2 aliphatic rings. The Hall–Kier alpha value is -4.48. The Morgan fingerprint density at radius 3 is 2.52 bits per heavy atom. The van der Waals surface area contributed by atoms with Gasteiger partial charge in [-0.2, -0.15) is 9.97 Å². The topological polar surface area (TPSA) is 136 Å². The fourth-order valence-electron chi connectivity index (χ4n) is 5.97. The average Bonchev–Trinajstić information content (AvgIpc) is 3.67. The fourth-order valence-corrected chi connectivity index (χ4v) is 5.97. The molecule has 2 saturated heterocycles. The highest BCUT2D eigenvalue weighted by Gasteiger charge is 2.26. The van der Waals surface area contributed by atoms with Crippen LogP contribution in [0.25, 0.3) is 22.6 Å². The van der Waals surface area contributed by atoms with Crippen LogP contribution in [-0.4, -0.2) is 85.6 Å². The number of fused-ring (bicyclic) bond motifs is 1. The van der Waals surface area contributed by atoms with Crippen molar-refractivity contribution in [1.29, 1.82) is 0 Å². The lowest BCUT2D eigenvalue weighted by atomic mass is 10.1. The number of hydrogen-bond donors (Lipinski definition) is 1. The van der Waals surface area contributed by atoms with Gasteiger partial charge in [0.05, 0.1) is 6.54 Å². The maximum atomic E-state index is 13.8. The SMILES string of the molecule is CC#CCn1c(N2CCC[C@@H](N)C2)nc2c1c(=O)n(CCCN1CCN(c3nc(-c4ccc(F)cc4)no3)CC1)c(=O)n2C. The molecule has 1 atom stereocenters. The minimum Gasteiger partial charge on any atom is -0.341 e. The second kappa shape index (κ2) is 12.6. The molecule has 0 saturated carbocycles. The first-order valence-electron chi connectivity index (χ1n) is 15.0. The molecule has 44 heavy (non-hydrogen) atoms. The zero-order valence-corrected chi connectivity index (χ0v) is 25.1. The molecule has 5 heterocycles. The summed E-state index contributed by atoms with van der Waals surface area (Å²) >= 11 is 0. The van der Waals surface area contributed by atoms with Crippen LogP contribution in [0.3, 0.4) is 0 Å². The van der Waals surface area contributed by atoms with Crippen LogP contribution in [0.2, 0.25) is 0 Å². The van der Waals surface area contributed by atoms with Crippen molar-refractivity contribution in [1.82, 2.24) is 33.7 Å². The van der Waals surface area contributed by atoms with E-state index in [0.717, 1.165) is 39.0 Å². The van der Waals surface area contributed by atoms with Crippen molar-refractivity contribution in [3.63, 3.8) is 0 Å². The van der Waals surface area contributed by atoms with Gasteiger partial charge in [0.15, 0.2) is 11.2 Å². The van der Waals surface area contributed by atoms with E-state index in [2.05, 4.69) is 31.8 Å². The molecule has 0 spiro atoms. The number of piperazine rings is 1. The van der Waals surface area contributed by atoms with Gasteiger partial charge in [-0.3, -0.25) is 23.4 Å². The van der Waals surface area contributed by atoms with Crippen molar-refractivity contribution in [3.8, 4) is 23.2 Å². The minimum atomic E-state index is -0.381. The third-order valence-corrected chi connectivity index (χ3v) is 8.38. The van der Waals surface area contributed by atoms with Gasteiger partial charge in [-0.1, -0.05) is 11.1 Å². The predicted octanol–water partition coefficient (Wildman–Crippen LogP) is 1.25. The van der Waals surface area contributed by atoms with Crippen LogP contribution in [0.5, 0.6) is 0 Å². The number of piperidine rings is 1. The highest BCUT2D eigenvalue weighted by atomic mass is 19.1. The van der Waals surface area contributed by atoms with Crippen LogP contribution in [0.1, 0.15) is 26.2 Å². The van der Waals surface area contributed by atoms with E-state index in [1.807, 2.05) is 9.47 Å². The largest absolute Gasteiger partial charge is 0.341 e. The number of nitrogens with zero attached hydrogens (tertiary/aromatic N) is 9. The Labute approximate surface area is 253 Å². The van der Waals surface area contributed by atoms with Crippen molar-refractivity contribution in [3.05, 3.63) is 50.9 Å². The standard InChI is InChI=1S/C30H37FN10O3/c1-3-4-14-40-24-26(34-28(40)39-13-5-7-23(32)20-39)36(2)30(43)41(27(24)42)15-6-12-37-16-18-38(19-17-37)29-33-25(35-44-29)21-8-10-22(31)11-9-21/h8-11,23H,5-7,12-20,32H2,1-2H3/t23-/m1/s1. The van der Waals surface area contributed by atoms with E-state index < -0.39 is 0 Å². The van der Waals surface area contributed by atoms with E-state index >= 15 is 0 Å². The molecule has 1 aromatic carbocycles. The van der Waals surface area contributed by atoms with Gasteiger partial charge in [-0.25, -0.2) is 9.18 Å². The lowest BCUT2D eigenvalue weighted by Gasteiger charge is -2.33. The first kappa shape index (κ1) is 29.6. The second-order valence-corrected chi connectivity index (χ2v) is 11.3. The normalized spacial score (nSPS) is 17.7. The maximum Gasteiger partial charge on any atom is 0.332 e. The Balaban J connectivity index is 1.13. The third kappa shape index (κ3) is 5.85. The van der Waals surface area contributed by atoms with E-state index in [1.165, 1.54) is 21.3 Å². The summed E-state index contributed by atoms with van der Waals surface area (Å²) in [4.78, 5) is 42.8. The predicted molar refractivity (Wildman–Crippen MR) is 165 cm³/mol. The summed E-state index contributed by atoms with van der Waals surface area (Å²) in [6.45, 7) is 7.43. The Bertz CT molecular complexity index is 1810. The zero-order valence-electron chi connectivity index (χ0n) is 25.1. The molecule has 232 valence electrons. The molecule has 2 aliphatic heterocycles. The summed E-state index contributed by atoms with van der Waals surface area (Å²) in [5.41, 5.74) is 6.95. The molecule has 6 rings (SSSR count). The van der Waals surface area contributed by atoms with Gasteiger partial charge in [0.2, 0.25) is 11.8 Å². The van der Waals surface area contributed by atoms with E-state index in [4.69, 9.17) is 15.2 Å². The first-order chi connectivity index (χ1) is 21.3. The second-order valence-electron chi connectivity index (χ2n) is 11.3. The lowest BCUT2D eigenvalue weighted by molar-refractivity contribution is 0.242. The number of nitrogens with two attached hydrogens (primary N) is 1. The molecule has 13 nitrogen and oxygen atoms in total. The number of aryl methyl sites for hydroxylation is 1. The van der Waals surface area contributed by atoms with E-state index in [9.17, 15) is 14.0 Å². The molecular formula is C30H37FN10O3. The molecule has 14 heteroatoms. The molecule has 0 radical (unpaired) electrons. The molecule has 0 bridgehead atoms. The molecule has 3 aromatic heterocycles. The number of rotatable bonds is 8. The van der Waals surface area contributed by atoms with Gasteiger partial charge in [0.25, 0.3) is 5.56 Å². The number of anilines is 2. The Kier molecular flexibility index (Phi) is 8.49. The molecule has 0 aliphatic carbocycles. The van der Waals surface area contributed by atoms with Crippen molar-refractivity contribution in [2.75, 3.05) is 55.6 Å². The smallest absolute Gasteiger partial charge is 0.332 e. The van der Waals surface area contributed by atoms with Gasteiger partial charge in [0, 0.05) is 64.5 Å². The number of aromatic nitrogens is 6. The number of imidazole rings is 1. The molecule has 0 unspecified atom stereocenters. The average molecular weight is 605 g/mol. The summed E-state index contributed by atoms with van der Waals surface area (Å²) in [6, 6.07) is 6.43. The van der Waals surface area contributed by atoms with E-state index in [-0.39, 0.29) is 23.1 Å². The maximum absolute atomic E-state index is 13.8. The number of hydrogen-bond acceptors (Lipinski definition) is 10. The fraction of sp³-hybridized carbons (Fsp3) is 0.500.